The lowest BCUT2D eigenvalue weighted by atomic mass is 10.6. The first-order chi connectivity index (χ1) is 6.12. The Bertz CT molecular complexity index is 192. The van der Waals surface area contributed by atoms with Gasteiger partial charge in [-0.25, -0.2) is 4.57 Å². The standard InChI is InChI=1S/C3H9O3P.C2H7O4P/c1-2-3-7(4,5)6;1-2-6-7(3,4)5/h2-3H2,1H3,(H2,4,5,6);2H2,1H3,(H2,3,4,5). The Morgan fingerprint density at radius 2 is 1.50 bits per heavy atom. The van der Waals surface area contributed by atoms with Crippen LogP contribution in [0.3, 0.4) is 0 Å². The van der Waals surface area contributed by atoms with E-state index in [4.69, 9.17) is 19.6 Å². The van der Waals surface area contributed by atoms with Crippen LogP contribution in [0, 0.1) is 0 Å². The third-order valence-electron chi connectivity index (χ3n) is 0.812. The van der Waals surface area contributed by atoms with Gasteiger partial charge in [0.15, 0.2) is 0 Å². The fourth-order valence-electron chi connectivity index (χ4n) is 0.459. The highest BCUT2D eigenvalue weighted by Gasteiger charge is 2.10. The molecule has 88 valence electrons. The van der Waals surface area contributed by atoms with Gasteiger partial charge in [-0.2, -0.15) is 0 Å². The van der Waals surface area contributed by atoms with E-state index < -0.39 is 15.4 Å². The van der Waals surface area contributed by atoms with Gasteiger partial charge in [-0.1, -0.05) is 6.92 Å². The summed E-state index contributed by atoms with van der Waals surface area (Å²) in [7, 11) is -7.83. The van der Waals surface area contributed by atoms with Crippen molar-refractivity contribution in [2.45, 2.75) is 20.3 Å². The van der Waals surface area contributed by atoms with Crippen molar-refractivity contribution in [3.63, 3.8) is 0 Å². The predicted molar refractivity (Wildman–Crippen MR) is 50.9 cm³/mol. The van der Waals surface area contributed by atoms with E-state index in [1.807, 2.05) is 0 Å². The fourth-order valence-corrected chi connectivity index (χ4v) is 1.38. The lowest BCUT2D eigenvalue weighted by molar-refractivity contribution is 0.206. The first kappa shape index (κ1) is 16.7. The Kier molecular flexibility index (Phi) is 8.98. The molecule has 0 amide bonds. The average Bonchev–Trinajstić information content (AvgIpc) is 1.81. The van der Waals surface area contributed by atoms with Gasteiger partial charge >= 0.3 is 15.4 Å². The predicted octanol–water partition coefficient (Wildman–Crippen LogP) is 0.690. The molecule has 0 spiro atoms. The Morgan fingerprint density at radius 3 is 1.50 bits per heavy atom. The summed E-state index contributed by atoms with van der Waals surface area (Å²) in [5, 5.41) is 0. The zero-order valence-corrected chi connectivity index (χ0v) is 9.82. The van der Waals surface area contributed by atoms with Crippen LogP contribution in [0.4, 0.5) is 0 Å². The minimum Gasteiger partial charge on any atom is -0.324 e. The van der Waals surface area contributed by atoms with Gasteiger partial charge in [0.05, 0.1) is 6.61 Å². The molecule has 0 aliphatic rings. The zero-order valence-electron chi connectivity index (χ0n) is 8.03. The third kappa shape index (κ3) is 22.8. The Morgan fingerprint density at radius 1 is 1.07 bits per heavy atom. The maximum atomic E-state index is 9.93. The second kappa shape index (κ2) is 7.54. The second-order valence-electron chi connectivity index (χ2n) is 2.30. The first-order valence-corrected chi connectivity index (χ1v) is 7.19. The van der Waals surface area contributed by atoms with Crippen molar-refractivity contribution >= 4 is 15.4 Å². The third-order valence-corrected chi connectivity index (χ3v) is 2.44. The fraction of sp³-hybridized carbons (Fsp3) is 1.00. The van der Waals surface area contributed by atoms with E-state index in [-0.39, 0.29) is 12.8 Å². The topological polar surface area (TPSA) is 124 Å². The minimum absolute atomic E-state index is 0.00694. The summed E-state index contributed by atoms with van der Waals surface area (Å²) in [6, 6.07) is 0. The summed E-state index contributed by atoms with van der Waals surface area (Å²) < 4.78 is 23.5. The van der Waals surface area contributed by atoms with Crippen molar-refractivity contribution in [1.82, 2.24) is 0 Å². The Labute approximate surface area is 82.5 Å². The van der Waals surface area contributed by atoms with E-state index in [0.717, 1.165) is 0 Å². The quantitative estimate of drug-likeness (QED) is 0.541. The molecule has 0 aliphatic carbocycles. The summed E-state index contributed by atoms with van der Waals surface area (Å²) in [6.07, 6.45) is 0.553. The molecule has 9 heteroatoms. The van der Waals surface area contributed by atoms with Crippen LogP contribution < -0.4 is 0 Å². The average molecular weight is 250 g/mol. The maximum absolute atomic E-state index is 9.93. The van der Waals surface area contributed by atoms with Crippen LogP contribution >= 0.6 is 15.4 Å². The van der Waals surface area contributed by atoms with Gasteiger partial charge in [0.2, 0.25) is 0 Å². The van der Waals surface area contributed by atoms with Gasteiger partial charge in [-0.05, 0) is 13.3 Å². The summed E-state index contributed by atoms with van der Waals surface area (Å²) in [5.74, 6) is 0. The van der Waals surface area contributed by atoms with Crippen LogP contribution in [0.15, 0.2) is 0 Å². The molecule has 4 N–H and O–H groups in total. The maximum Gasteiger partial charge on any atom is 0.469 e. The molecule has 0 rings (SSSR count). The highest BCUT2D eigenvalue weighted by atomic mass is 31.2. The van der Waals surface area contributed by atoms with E-state index >= 15 is 0 Å². The minimum atomic E-state index is -4.17. The monoisotopic (exact) mass is 250 g/mol. The van der Waals surface area contributed by atoms with E-state index in [1.54, 1.807) is 6.92 Å². The van der Waals surface area contributed by atoms with Gasteiger partial charge in [-0.15, -0.1) is 0 Å². The molecule has 0 atom stereocenters. The van der Waals surface area contributed by atoms with Gasteiger partial charge in [-0.3, -0.25) is 9.09 Å². The lowest BCUT2D eigenvalue weighted by Gasteiger charge is -1.98. The molecule has 0 fully saturated rings. The first-order valence-electron chi connectivity index (χ1n) is 3.87. The molecule has 0 aromatic heterocycles. The van der Waals surface area contributed by atoms with E-state index in [2.05, 4.69) is 4.52 Å². The van der Waals surface area contributed by atoms with Gasteiger partial charge < -0.3 is 19.6 Å². The van der Waals surface area contributed by atoms with Gasteiger partial charge in [0, 0.05) is 6.16 Å². The Balaban J connectivity index is 0. The van der Waals surface area contributed by atoms with Crippen LogP contribution in [-0.4, -0.2) is 32.3 Å². The molecule has 0 heterocycles. The number of phosphoric ester groups is 1. The van der Waals surface area contributed by atoms with Crippen molar-refractivity contribution < 1.29 is 33.2 Å². The zero-order chi connectivity index (χ0) is 11.8. The smallest absolute Gasteiger partial charge is 0.324 e. The SMILES string of the molecule is CCCP(=O)(O)O.CCOP(=O)(O)O. The highest BCUT2D eigenvalue weighted by molar-refractivity contribution is 7.51. The lowest BCUT2D eigenvalue weighted by Crippen LogP contribution is -1.84. The summed E-state index contributed by atoms with van der Waals surface area (Å²) in [5.41, 5.74) is 0. The van der Waals surface area contributed by atoms with Crippen LogP contribution in [0.5, 0.6) is 0 Å². The van der Waals surface area contributed by atoms with E-state index in [1.165, 1.54) is 6.92 Å². The van der Waals surface area contributed by atoms with Crippen molar-refractivity contribution in [2.75, 3.05) is 12.8 Å². The molecule has 14 heavy (non-hydrogen) atoms. The summed E-state index contributed by atoms with van der Waals surface area (Å²) in [6.45, 7) is 3.29. The molecule has 0 bridgehead atoms. The molecule has 0 aliphatic heterocycles. The van der Waals surface area contributed by atoms with Crippen molar-refractivity contribution in [2.24, 2.45) is 0 Å². The number of hydrogen-bond donors (Lipinski definition) is 4. The molecule has 0 saturated carbocycles. The molecule has 0 saturated heterocycles. The number of rotatable bonds is 4. The largest absolute Gasteiger partial charge is 0.469 e. The van der Waals surface area contributed by atoms with Crippen LogP contribution in [0.25, 0.3) is 0 Å². The van der Waals surface area contributed by atoms with Crippen LogP contribution in [-0.2, 0) is 13.7 Å². The van der Waals surface area contributed by atoms with Crippen molar-refractivity contribution in [3.05, 3.63) is 0 Å². The van der Waals surface area contributed by atoms with Gasteiger partial charge in [0.1, 0.15) is 0 Å². The van der Waals surface area contributed by atoms with E-state index in [0.29, 0.717) is 6.42 Å². The van der Waals surface area contributed by atoms with Crippen molar-refractivity contribution in [1.29, 1.82) is 0 Å². The normalized spacial score (nSPS) is 11.9. The van der Waals surface area contributed by atoms with Crippen LogP contribution in [0.2, 0.25) is 0 Å². The molecule has 7 nitrogen and oxygen atoms in total. The van der Waals surface area contributed by atoms with E-state index in [9.17, 15) is 9.13 Å². The number of phosphoric acid groups is 1. The second-order valence-corrected chi connectivity index (χ2v) is 5.31. The van der Waals surface area contributed by atoms with Crippen molar-refractivity contribution in [3.8, 4) is 0 Å². The van der Waals surface area contributed by atoms with Gasteiger partial charge in [0.25, 0.3) is 0 Å². The summed E-state index contributed by atoms with van der Waals surface area (Å²) >= 11 is 0. The molecular formula is C5H16O7P2. The molecular weight excluding hydrogens is 234 g/mol. The molecule has 0 unspecified atom stereocenters. The Hall–Kier alpha value is 0.260. The number of hydrogen-bond acceptors (Lipinski definition) is 3. The van der Waals surface area contributed by atoms with Crippen LogP contribution in [0.1, 0.15) is 20.3 Å². The molecule has 0 aromatic rings. The highest BCUT2D eigenvalue weighted by Crippen LogP contribution is 2.35. The summed E-state index contributed by atoms with van der Waals surface area (Å²) in [4.78, 5) is 32.1. The molecule has 0 radical (unpaired) electrons. The molecule has 0 aromatic carbocycles.